The Hall–Kier alpha value is -1.67. The summed E-state index contributed by atoms with van der Waals surface area (Å²) < 4.78 is 1.33. The Bertz CT molecular complexity index is 811. The van der Waals surface area contributed by atoms with Crippen molar-refractivity contribution in [1.29, 1.82) is 0 Å². The molecule has 0 N–H and O–H groups in total. The lowest BCUT2D eigenvalue weighted by Gasteiger charge is -2.06. The zero-order valence-corrected chi connectivity index (χ0v) is 10.9. The molecule has 2 heteroatoms. The van der Waals surface area contributed by atoms with Gasteiger partial charge in [0.05, 0.1) is 0 Å². The van der Waals surface area contributed by atoms with Gasteiger partial charge in [0.15, 0.2) is 5.78 Å². The largest absolute Gasteiger partial charge is 0.294 e. The van der Waals surface area contributed by atoms with Gasteiger partial charge in [-0.05, 0) is 35.7 Å². The molecule has 0 saturated carbocycles. The number of rotatable bonds is 0. The fraction of sp³-hybridized carbons (Fsp3) is 0.188. The van der Waals surface area contributed by atoms with E-state index >= 15 is 0 Å². The second-order valence-corrected chi connectivity index (χ2v) is 6.18. The summed E-state index contributed by atoms with van der Waals surface area (Å²) in [4.78, 5) is 13.5. The Kier molecular flexibility index (Phi) is 1.95. The molecule has 1 aromatic heterocycles. The second kappa shape index (κ2) is 3.42. The fourth-order valence-corrected chi connectivity index (χ4v) is 4.18. The molecule has 0 unspecified atom stereocenters. The molecule has 1 aliphatic carbocycles. The van der Waals surface area contributed by atoms with Gasteiger partial charge in [-0.25, -0.2) is 0 Å². The summed E-state index contributed by atoms with van der Waals surface area (Å²) in [6.07, 6.45) is 1.59. The highest BCUT2D eigenvalue weighted by Gasteiger charge is 2.25. The van der Waals surface area contributed by atoms with E-state index in [1.54, 1.807) is 0 Å². The fourth-order valence-electron chi connectivity index (χ4n) is 3.07. The minimum Gasteiger partial charge on any atom is -0.294 e. The van der Waals surface area contributed by atoms with E-state index in [0.717, 1.165) is 17.4 Å². The van der Waals surface area contributed by atoms with Gasteiger partial charge in [0.25, 0.3) is 0 Å². The molecule has 1 heterocycles. The Morgan fingerprint density at radius 1 is 1.06 bits per heavy atom. The second-order valence-electron chi connectivity index (χ2n) is 4.92. The summed E-state index contributed by atoms with van der Waals surface area (Å²) in [5.41, 5.74) is 2.27. The van der Waals surface area contributed by atoms with Gasteiger partial charge >= 0.3 is 0 Å². The third-order valence-electron chi connectivity index (χ3n) is 3.80. The number of aryl methyl sites for hydroxylation is 2. The number of ketones is 1. The van der Waals surface area contributed by atoms with Gasteiger partial charge < -0.3 is 0 Å². The van der Waals surface area contributed by atoms with Crippen LogP contribution in [0.15, 0.2) is 30.3 Å². The third kappa shape index (κ3) is 1.19. The van der Waals surface area contributed by atoms with E-state index in [2.05, 4.69) is 31.2 Å². The van der Waals surface area contributed by atoms with Crippen molar-refractivity contribution in [1.82, 2.24) is 0 Å². The number of carbonyl (C=O) groups is 1. The molecule has 2 aromatic carbocycles. The number of thiophene rings is 1. The summed E-state index contributed by atoms with van der Waals surface area (Å²) in [5.74, 6) is 0.314. The maximum atomic E-state index is 12.1. The van der Waals surface area contributed by atoms with Crippen LogP contribution in [0.1, 0.15) is 27.2 Å². The SMILES string of the molecule is Cc1cc2c(s1)c1c(c3ccccc32)C(=O)CC1. The lowest BCUT2D eigenvalue weighted by molar-refractivity contribution is 0.0996. The number of fused-ring (bicyclic) bond motifs is 6. The van der Waals surface area contributed by atoms with E-state index in [1.165, 1.54) is 25.9 Å². The highest BCUT2D eigenvalue weighted by Crippen LogP contribution is 2.41. The molecule has 1 nitrogen and oxygen atoms in total. The molecule has 0 bridgehead atoms. The van der Waals surface area contributed by atoms with Gasteiger partial charge in [-0.1, -0.05) is 24.3 Å². The van der Waals surface area contributed by atoms with E-state index in [1.807, 2.05) is 17.4 Å². The molecule has 0 spiro atoms. The number of carbonyl (C=O) groups excluding carboxylic acids is 1. The average Bonchev–Trinajstić information content (AvgIpc) is 2.93. The van der Waals surface area contributed by atoms with Crippen molar-refractivity contribution in [2.24, 2.45) is 0 Å². The predicted molar refractivity (Wildman–Crippen MR) is 76.7 cm³/mol. The molecule has 0 aliphatic heterocycles. The van der Waals surface area contributed by atoms with Crippen molar-refractivity contribution in [2.45, 2.75) is 19.8 Å². The van der Waals surface area contributed by atoms with Gasteiger partial charge in [-0.15, -0.1) is 11.3 Å². The summed E-state index contributed by atoms with van der Waals surface area (Å²) >= 11 is 1.82. The van der Waals surface area contributed by atoms with Crippen LogP contribution in [-0.4, -0.2) is 5.78 Å². The highest BCUT2D eigenvalue weighted by molar-refractivity contribution is 7.19. The zero-order chi connectivity index (χ0) is 12.3. The maximum Gasteiger partial charge on any atom is 0.164 e. The van der Waals surface area contributed by atoms with Crippen molar-refractivity contribution in [3.8, 4) is 0 Å². The first-order chi connectivity index (χ1) is 8.75. The minimum absolute atomic E-state index is 0.314. The molecule has 0 atom stereocenters. The highest BCUT2D eigenvalue weighted by atomic mass is 32.1. The summed E-state index contributed by atoms with van der Waals surface area (Å²) in [7, 11) is 0. The number of Topliss-reactive ketones (excluding diaryl/α,β-unsaturated/α-hetero) is 1. The van der Waals surface area contributed by atoms with Crippen LogP contribution in [0, 0.1) is 6.92 Å². The van der Waals surface area contributed by atoms with Crippen LogP contribution in [0.4, 0.5) is 0 Å². The van der Waals surface area contributed by atoms with Gasteiger partial charge in [-0.2, -0.15) is 0 Å². The van der Waals surface area contributed by atoms with Crippen molar-refractivity contribution in [3.05, 3.63) is 46.3 Å². The Morgan fingerprint density at radius 3 is 2.67 bits per heavy atom. The molecular weight excluding hydrogens is 240 g/mol. The number of hydrogen-bond acceptors (Lipinski definition) is 2. The van der Waals surface area contributed by atoms with E-state index < -0.39 is 0 Å². The monoisotopic (exact) mass is 252 g/mol. The number of benzene rings is 2. The lowest BCUT2D eigenvalue weighted by atomic mass is 9.97. The minimum atomic E-state index is 0.314. The van der Waals surface area contributed by atoms with Crippen LogP contribution < -0.4 is 0 Å². The van der Waals surface area contributed by atoms with Gasteiger partial charge in [0, 0.05) is 26.9 Å². The molecule has 4 rings (SSSR count). The van der Waals surface area contributed by atoms with Crippen LogP contribution >= 0.6 is 11.3 Å². The quantitative estimate of drug-likeness (QED) is 0.576. The molecule has 1 aliphatic rings. The molecule has 88 valence electrons. The van der Waals surface area contributed by atoms with Crippen molar-refractivity contribution < 1.29 is 4.79 Å². The molecule has 0 fully saturated rings. The summed E-state index contributed by atoms with van der Waals surface area (Å²) in [6.45, 7) is 2.14. The van der Waals surface area contributed by atoms with Crippen molar-refractivity contribution in [3.63, 3.8) is 0 Å². The van der Waals surface area contributed by atoms with Crippen LogP contribution in [0.25, 0.3) is 20.9 Å². The predicted octanol–water partition coefficient (Wildman–Crippen LogP) is 4.49. The smallest absolute Gasteiger partial charge is 0.164 e. The Balaban J connectivity index is 2.35. The molecule has 0 radical (unpaired) electrons. The third-order valence-corrected chi connectivity index (χ3v) is 4.91. The van der Waals surface area contributed by atoms with E-state index in [9.17, 15) is 4.79 Å². The molecular formula is C16H12OS. The van der Waals surface area contributed by atoms with E-state index in [-0.39, 0.29) is 0 Å². The first kappa shape index (κ1) is 10.3. The Labute approximate surface area is 109 Å². The van der Waals surface area contributed by atoms with Crippen LogP contribution in [0.2, 0.25) is 0 Å². The maximum absolute atomic E-state index is 12.1. The zero-order valence-electron chi connectivity index (χ0n) is 10.1. The Morgan fingerprint density at radius 2 is 1.83 bits per heavy atom. The molecule has 18 heavy (non-hydrogen) atoms. The van der Waals surface area contributed by atoms with Crippen molar-refractivity contribution >= 4 is 38.0 Å². The van der Waals surface area contributed by atoms with E-state index in [4.69, 9.17) is 0 Å². The normalized spacial score (nSPS) is 14.6. The average molecular weight is 252 g/mol. The standard InChI is InChI=1S/C16H12OS/c1-9-8-13-10-4-2-3-5-11(10)15-12(16(13)18-9)6-7-14(15)17/h2-5,8H,6-7H2,1H3. The summed E-state index contributed by atoms with van der Waals surface area (Å²) in [6, 6.07) is 10.6. The molecule has 3 aromatic rings. The van der Waals surface area contributed by atoms with Crippen LogP contribution in [0.5, 0.6) is 0 Å². The first-order valence-electron chi connectivity index (χ1n) is 6.22. The topological polar surface area (TPSA) is 17.1 Å². The molecule has 0 saturated heterocycles. The van der Waals surface area contributed by atoms with Crippen molar-refractivity contribution in [2.75, 3.05) is 0 Å². The summed E-state index contributed by atoms with van der Waals surface area (Å²) in [5, 5.41) is 3.69. The van der Waals surface area contributed by atoms with E-state index in [0.29, 0.717) is 12.2 Å². The molecule has 0 amide bonds. The first-order valence-corrected chi connectivity index (χ1v) is 7.04. The van der Waals surface area contributed by atoms with Crippen LogP contribution in [-0.2, 0) is 6.42 Å². The van der Waals surface area contributed by atoms with Gasteiger partial charge in [0.2, 0.25) is 0 Å². The number of hydrogen-bond donors (Lipinski definition) is 0. The van der Waals surface area contributed by atoms with Gasteiger partial charge in [0.1, 0.15) is 0 Å². The van der Waals surface area contributed by atoms with Crippen LogP contribution in [0.3, 0.4) is 0 Å². The van der Waals surface area contributed by atoms with Gasteiger partial charge in [-0.3, -0.25) is 4.79 Å². The lowest BCUT2D eigenvalue weighted by Crippen LogP contribution is -1.93.